The van der Waals surface area contributed by atoms with Gasteiger partial charge in [0.05, 0.1) is 20.8 Å². The average molecular weight is 450 g/mol. The number of esters is 2. The smallest absolute Gasteiger partial charge is 0.333 e. The van der Waals surface area contributed by atoms with Gasteiger partial charge in [-0.1, -0.05) is 12.1 Å². The van der Waals surface area contributed by atoms with Crippen LogP contribution in [0.25, 0.3) is 22.6 Å². The van der Waals surface area contributed by atoms with Gasteiger partial charge in [0.15, 0.2) is 23.6 Å². The van der Waals surface area contributed by atoms with E-state index in [0.29, 0.717) is 29.2 Å². The number of ether oxygens (including phenoxy) is 3. The Balaban J connectivity index is 1.96. The number of aromatic nitrogens is 3. The zero-order chi connectivity index (χ0) is 23.5. The van der Waals surface area contributed by atoms with Crippen LogP contribution in [0.1, 0.15) is 13.0 Å². The van der Waals surface area contributed by atoms with Crippen LogP contribution in [0.3, 0.4) is 0 Å². The predicted octanol–water partition coefficient (Wildman–Crippen LogP) is 2.05. The fourth-order valence-corrected chi connectivity index (χ4v) is 3.70. The van der Waals surface area contributed by atoms with Crippen LogP contribution in [0, 0.1) is 0 Å². The first-order chi connectivity index (χ1) is 16.0. The zero-order valence-electron chi connectivity index (χ0n) is 18.3. The van der Waals surface area contributed by atoms with Gasteiger partial charge in [0.2, 0.25) is 0 Å². The molecule has 0 radical (unpaired) electrons. The molecule has 1 aromatic heterocycles. The molecule has 10 nitrogen and oxygen atoms in total. The number of anilines is 1. The summed E-state index contributed by atoms with van der Waals surface area (Å²) in [5.74, 6) is -0.682. The number of hydrogen-bond acceptors (Lipinski definition) is 9. The van der Waals surface area contributed by atoms with Crippen LogP contribution in [-0.2, 0) is 19.1 Å². The molecule has 0 amide bonds. The molecule has 1 N–H and O–H groups in total. The minimum Gasteiger partial charge on any atom is -0.494 e. The third kappa shape index (κ3) is 4.02. The molecule has 1 aliphatic heterocycles. The summed E-state index contributed by atoms with van der Waals surface area (Å²) in [6.45, 7) is 2.37. The van der Waals surface area contributed by atoms with Crippen LogP contribution >= 0.6 is 0 Å². The Morgan fingerprint density at radius 1 is 1.03 bits per heavy atom. The van der Waals surface area contributed by atoms with Crippen LogP contribution in [-0.4, -0.2) is 53.6 Å². The fraction of sp³-hybridized carbons (Fsp3) is 0.261. The Morgan fingerprint density at radius 2 is 1.73 bits per heavy atom. The second-order valence-electron chi connectivity index (χ2n) is 7.15. The summed E-state index contributed by atoms with van der Waals surface area (Å²) >= 11 is 0. The number of para-hydroxylation sites is 1. The summed E-state index contributed by atoms with van der Waals surface area (Å²) in [7, 11) is 2.43. The lowest BCUT2D eigenvalue weighted by molar-refractivity contribution is -0.152. The molecule has 0 saturated heterocycles. The standard InChI is InChI=1S/C23H22N4O6/c1-4-33-14-11-9-13(10-12-14)17-21(28)25-20-15-7-5-6-8-16(15)24-18(22(29)31-2)19(23(30)32-3)27(20)26-17/h5-12,18-19,24H,4H2,1-3H3. The quantitative estimate of drug-likeness (QED) is 0.582. The number of benzene rings is 2. The first-order valence-electron chi connectivity index (χ1n) is 10.2. The van der Waals surface area contributed by atoms with Crippen molar-refractivity contribution in [3.63, 3.8) is 0 Å². The molecular formula is C23H22N4O6. The van der Waals surface area contributed by atoms with Gasteiger partial charge in [0.25, 0.3) is 5.56 Å². The Bertz CT molecular complexity index is 1250. The number of rotatable bonds is 5. The zero-order valence-corrected chi connectivity index (χ0v) is 18.3. The van der Waals surface area contributed by atoms with Gasteiger partial charge in [-0.2, -0.15) is 10.1 Å². The van der Waals surface area contributed by atoms with Crippen molar-refractivity contribution in [3.05, 3.63) is 58.9 Å². The Labute approximate surface area is 189 Å². The van der Waals surface area contributed by atoms with Crippen molar-refractivity contribution in [3.8, 4) is 28.4 Å². The van der Waals surface area contributed by atoms with E-state index in [0.717, 1.165) is 0 Å². The maximum Gasteiger partial charge on any atom is 0.333 e. The van der Waals surface area contributed by atoms with E-state index >= 15 is 0 Å². The fourth-order valence-electron chi connectivity index (χ4n) is 3.70. The molecule has 2 heterocycles. The summed E-state index contributed by atoms with van der Waals surface area (Å²) < 4.78 is 16.6. The normalized spacial score (nSPS) is 16.5. The van der Waals surface area contributed by atoms with Crippen LogP contribution < -0.4 is 15.6 Å². The largest absolute Gasteiger partial charge is 0.494 e. The van der Waals surface area contributed by atoms with Gasteiger partial charge < -0.3 is 19.5 Å². The minimum absolute atomic E-state index is 0.0127. The summed E-state index contributed by atoms with van der Waals surface area (Å²) in [6.07, 6.45) is 0. The van der Waals surface area contributed by atoms with E-state index in [2.05, 4.69) is 15.4 Å². The van der Waals surface area contributed by atoms with Crippen LogP contribution in [0.15, 0.2) is 53.3 Å². The maximum absolute atomic E-state index is 13.0. The van der Waals surface area contributed by atoms with Gasteiger partial charge >= 0.3 is 11.9 Å². The number of methoxy groups -OCH3 is 2. The van der Waals surface area contributed by atoms with Crippen molar-refractivity contribution < 1.29 is 23.8 Å². The molecular weight excluding hydrogens is 428 g/mol. The monoisotopic (exact) mass is 450 g/mol. The van der Waals surface area contributed by atoms with Gasteiger partial charge in [0, 0.05) is 16.8 Å². The van der Waals surface area contributed by atoms with E-state index in [1.54, 1.807) is 48.5 Å². The van der Waals surface area contributed by atoms with Gasteiger partial charge in [0.1, 0.15) is 5.75 Å². The lowest BCUT2D eigenvalue weighted by atomic mass is 10.1. The molecule has 1 aliphatic rings. The Morgan fingerprint density at radius 3 is 2.39 bits per heavy atom. The van der Waals surface area contributed by atoms with E-state index in [-0.39, 0.29) is 11.5 Å². The van der Waals surface area contributed by atoms with Gasteiger partial charge in [-0.25, -0.2) is 14.3 Å². The van der Waals surface area contributed by atoms with Crippen molar-refractivity contribution in [2.45, 2.75) is 19.0 Å². The molecule has 0 bridgehead atoms. The molecule has 10 heteroatoms. The highest BCUT2D eigenvalue weighted by molar-refractivity contribution is 5.91. The van der Waals surface area contributed by atoms with Gasteiger partial charge in [-0.05, 0) is 43.3 Å². The van der Waals surface area contributed by atoms with Crippen molar-refractivity contribution >= 4 is 17.6 Å². The minimum atomic E-state index is -1.28. The van der Waals surface area contributed by atoms with E-state index < -0.39 is 29.6 Å². The second-order valence-corrected chi connectivity index (χ2v) is 7.15. The molecule has 2 unspecified atom stereocenters. The molecule has 0 aliphatic carbocycles. The SMILES string of the molecule is CCOc1ccc(-c2nn3c(nc2=O)-c2ccccc2NC(C(=O)OC)C3C(=O)OC)cc1. The van der Waals surface area contributed by atoms with Crippen molar-refractivity contribution in [1.82, 2.24) is 14.8 Å². The first kappa shape index (κ1) is 22.0. The highest BCUT2D eigenvalue weighted by Gasteiger charge is 2.42. The highest BCUT2D eigenvalue weighted by atomic mass is 16.5. The topological polar surface area (TPSA) is 122 Å². The molecule has 2 aromatic carbocycles. The van der Waals surface area contributed by atoms with Crippen molar-refractivity contribution in [2.75, 3.05) is 26.1 Å². The van der Waals surface area contributed by atoms with E-state index in [9.17, 15) is 14.4 Å². The predicted molar refractivity (Wildman–Crippen MR) is 119 cm³/mol. The Hall–Kier alpha value is -4.21. The molecule has 33 heavy (non-hydrogen) atoms. The summed E-state index contributed by atoms with van der Waals surface area (Å²) in [4.78, 5) is 42.8. The summed E-state index contributed by atoms with van der Waals surface area (Å²) in [5, 5.41) is 7.52. The molecule has 2 atom stereocenters. The molecule has 170 valence electrons. The third-order valence-corrected chi connectivity index (χ3v) is 5.23. The number of carbonyl (C=O) groups is 2. The number of hydrogen-bond donors (Lipinski definition) is 1. The lowest BCUT2D eigenvalue weighted by Crippen LogP contribution is -2.44. The van der Waals surface area contributed by atoms with E-state index in [1.165, 1.54) is 18.9 Å². The third-order valence-electron chi connectivity index (χ3n) is 5.23. The van der Waals surface area contributed by atoms with Crippen molar-refractivity contribution in [1.29, 1.82) is 0 Å². The number of fused-ring (bicyclic) bond motifs is 3. The highest BCUT2D eigenvalue weighted by Crippen LogP contribution is 2.34. The van der Waals surface area contributed by atoms with Gasteiger partial charge in [-0.15, -0.1) is 0 Å². The molecule has 0 spiro atoms. The van der Waals surface area contributed by atoms with Crippen LogP contribution in [0.5, 0.6) is 5.75 Å². The number of carbonyl (C=O) groups excluding carboxylic acids is 2. The van der Waals surface area contributed by atoms with Crippen LogP contribution in [0.4, 0.5) is 5.69 Å². The molecule has 4 rings (SSSR count). The first-order valence-corrected chi connectivity index (χ1v) is 10.2. The van der Waals surface area contributed by atoms with E-state index in [1.807, 2.05) is 6.92 Å². The maximum atomic E-state index is 13.0. The van der Waals surface area contributed by atoms with E-state index in [4.69, 9.17) is 14.2 Å². The summed E-state index contributed by atoms with van der Waals surface area (Å²) in [5.41, 5.74) is 0.908. The average Bonchev–Trinajstić information content (AvgIpc) is 2.98. The molecule has 3 aromatic rings. The molecule has 0 saturated carbocycles. The van der Waals surface area contributed by atoms with Crippen molar-refractivity contribution in [2.24, 2.45) is 0 Å². The second kappa shape index (κ2) is 9.11. The summed E-state index contributed by atoms with van der Waals surface area (Å²) in [6, 6.07) is 11.3. The van der Waals surface area contributed by atoms with Gasteiger partial charge in [-0.3, -0.25) is 4.79 Å². The lowest BCUT2D eigenvalue weighted by Gasteiger charge is -2.24. The molecule has 0 fully saturated rings. The number of nitrogens with one attached hydrogen (secondary N) is 1. The Kier molecular flexibility index (Phi) is 6.07. The number of nitrogens with zero attached hydrogens (tertiary/aromatic N) is 3. The van der Waals surface area contributed by atoms with Crippen LogP contribution in [0.2, 0.25) is 0 Å².